The first kappa shape index (κ1) is 27.9. The Bertz CT molecular complexity index is 1560. The van der Waals surface area contributed by atoms with Gasteiger partial charge in [-0.1, -0.05) is 48.0 Å². The third kappa shape index (κ3) is 7.04. The number of benzene rings is 4. The summed E-state index contributed by atoms with van der Waals surface area (Å²) in [6.45, 7) is 4.39. The van der Waals surface area contributed by atoms with Crippen molar-refractivity contribution >= 4 is 39.4 Å². The number of nitrogens with one attached hydrogen (secondary N) is 1. The Morgan fingerprint density at radius 2 is 1.67 bits per heavy atom. The number of rotatable bonds is 10. The maximum atomic E-state index is 13.7. The molecule has 0 aliphatic heterocycles. The number of halogens is 1. The van der Waals surface area contributed by atoms with E-state index >= 15 is 0 Å². The lowest BCUT2D eigenvalue weighted by atomic mass is 10.1. The number of anilines is 1. The van der Waals surface area contributed by atoms with Crippen molar-refractivity contribution in [3.63, 3.8) is 0 Å². The van der Waals surface area contributed by atoms with Crippen molar-refractivity contribution in [2.75, 3.05) is 10.9 Å². The van der Waals surface area contributed by atoms with Crippen LogP contribution in [0.1, 0.15) is 34.0 Å². The first-order valence-corrected chi connectivity index (χ1v) is 14.1. The Morgan fingerprint density at radius 3 is 2.33 bits per heavy atom. The van der Waals surface area contributed by atoms with E-state index in [1.54, 1.807) is 79.0 Å². The number of carbonyl (C=O) groups is 1. The first-order chi connectivity index (χ1) is 18.8. The van der Waals surface area contributed by atoms with Gasteiger partial charge in [-0.05, 0) is 91.2 Å². The molecule has 1 amide bonds. The number of hydrogen-bond donors (Lipinski definition) is 1. The second kappa shape index (κ2) is 12.6. The molecule has 4 rings (SSSR count). The number of nitrogens with zero attached hydrogens (tertiary/aromatic N) is 2. The first-order valence-electron chi connectivity index (χ1n) is 12.3. The van der Waals surface area contributed by atoms with Gasteiger partial charge in [-0.25, -0.2) is 13.8 Å². The molecular weight excluding hydrogens is 534 g/mol. The van der Waals surface area contributed by atoms with Crippen LogP contribution in [-0.2, 0) is 16.6 Å². The number of sulfonamides is 1. The van der Waals surface area contributed by atoms with E-state index in [4.69, 9.17) is 16.3 Å². The molecule has 0 saturated heterocycles. The lowest BCUT2D eigenvalue weighted by molar-refractivity contribution is 0.0955. The fourth-order valence-electron chi connectivity index (χ4n) is 3.84. The molecule has 1 N–H and O–H groups in total. The van der Waals surface area contributed by atoms with Crippen molar-refractivity contribution < 1.29 is 17.9 Å². The quantitative estimate of drug-likeness (QED) is 0.184. The molecule has 4 aromatic carbocycles. The van der Waals surface area contributed by atoms with E-state index in [2.05, 4.69) is 10.5 Å². The minimum atomic E-state index is -3.89. The molecule has 0 atom stereocenters. The number of carbonyl (C=O) groups excluding carboxylic acids is 1. The van der Waals surface area contributed by atoms with Gasteiger partial charge in [0.1, 0.15) is 5.75 Å². The van der Waals surface area contributed by atoms with Gasteiger partial charge in [0.15, 0.2) is 0 Å². The summed E-state index contributed by atoms with van der Waals surface area (Å²) in [5.74, 6) is 0.377. The van der Waals surface area contributed by atoms with Crippen LogP contribution in [-0.4, -0.2) is 27.1 Å². The van der Waals surface area contributed by atoms with Gasteiger partial charge in [-0.15, -0.1) is 0 Å². The van der Waals surface area contributed by atoms with Gasteiger partial charge in [0, 0.05) is 10.6 Å². The highest BCUT2D eigenvalue weighted by Crippen LogP contribution is 2.31. The molecule has 0 aliphatic rings. The number of hydrogen-bond acceptors (Lipinski definition) is 5. The van der Waals surface area contributed by atoms with Crippen LogP contribution in [0.3, 0.4) is 0 Å². The van der Waals surface area contributed by atoms with E-state index in [-0.39, 0.29) is 17.3 Å². The summed E-state index contributed by atoms with van der Waals surface area (Å²) in [6.07, 6.45) is 1.54. The van der Waals surface area contributed by atoms with Crippen LogP contribution >= 0.6 is 11.6 Å². The van der Waals surface area contributed by atoms with Gasteiger partial charge in [0.2, 0.25) is 0 Å². The number of hydrazone groups is 1. The lowest BCUT2D eigenvalue weighted by Gasteiger charge is -2.26. The average Bonchev–Trinajstić information content (AvgIpc) is 2.95. The smallest absolute Gasteiger partial charge is 0.271 e. The second-order valence-electron chi connectivity index (χ2n) is 8.65. The molecule has 9 heteroatoms. The molecule has 0 aromatic heterocycles. The zero-order valence-corrected chi connectivity index (χ0v) is 23.1. The summed E-state index contributed by atoms with van der Waals surface area (Å²) < 4.78 is 34.1. The molecular formula is C30H28ClN3O4S. The third-order valence-corrected chi connectivity index (χ3v) is 7.89. The van der Waals surface area contributed by atoms with Crippen molar-refractivity contribution in [2.24, 2.45) is 5.10 Å². The van der Waals surface area contributed by atoms with Crippen molar-refractivity contribution in [3.8, 4) is 5.75 Å². The minimum Gasteiger partial charge on any atom is -0.494 e. The van der Waals surface area contributed by atoms with Gasteiger partial charge < -0.3 is 4.74 Å². The molecule has 200 valence electrons. The van der Waals surface area contributed by atoms with Gasteiger partial charge in [0.05, 0.1) is 29.9 Å². The molecule has 39 heavy (non-hydrogen) atoms. The maximum Gasteiger partial charge on any atom is 0.271 e. The highest BCUT2D eigenvalue weighted by atomic mass is 35.5. The van der Waals surface area contributed by atoms with Crippen LogP contribution in [0.15, 0.2) is 107 Å². The Morgan fingerprint density at radius 1 is 0.974 bits per heavy atom. The minimum absolute atomic E-state index is 0.0518. The zero-order valence-electron chi connectivity index (χ0n) is 21.5. The molecule has 0 spiro atoms. The van der Waals surface area contributed by atoms with E-state index in [9.17, 15) is 13.2 Å². The van der Waals surface area contributed by atoms with Crippen LogP contribution in [0.25, 0.3) is 0 Å². The summed E-state index contributed by atoms with van der Waals surface area (Å²) in [7, 11) is -3.89. The highest BCUT2D eigenvalue weighted by Gasteiger charge is 2.26. The van der Waals surface area contributed by atoms with E-state index in [1.165, 1.54) is 4.31 Å². The Balaban J connectivity index is 1.51. The average molecular weight is 562 g/mol. The zero-order chi connectivity index (χ0) is 27.8. The van der Waals surface area contributed by atoms with Crippen LogP contribution in [0.5, 0.6) is 5.75 Å². The van der Waals surface area contributed by atoms with Gasteiger partial charge in [-0.3, -0.25) is 9.10 Å². The Labute approximate surface area is 233 Å². The van der Waals surface area contributed by atoms with Gasteiger partial charge in [0.25, 0.3) is 15.9 Å². The number of ether oxygens (including phenoxy) is 1. The SMILES string of the molecule is CCOc1ccc(/C=N\NC(=O)c2ccc(CN(c3cc(Cl)ccc3C)S(=O)(=O)c3ccccc3)cc2)cc1. The maximum absolute atomic E-state index is 13.7. The molecule has 4 aromatic rings. The molecule has 0 radical (unpaired) electrons. The molecule has 0 heterocycles. The molecule has 0 aliphatic carbocycles. The van der Waals surface area contributed by atoms with Crippen LogP contribution in [0.2, 0.25) is 5.02 Å². The van der Waals surface area contributed by atoms with Crippen LogP contribution < -0.4 is 14.5 Å². The molecule has 7 nitrogen and oxygen atoms in total. The van der Waals surface area contributed by atoms with E-state index in [1.807, 2.05) is 38.1 Å². The van der Waals surface area contributed by atoms with Crippen molar-refractivity contribution in [1.29, 1.82) is 0 Å². The monoisotopic (exact) mass is 561 g/mol. The van der Waals surface area contributed by atoms with Crippen LogP contribution in [0, 0.1) is 6.92 Å². The lowest BCUT2D eigenvalue weighted by Crippen LogP contribution is -2.31. The standard InChI is InChI=1S/C30H28ClN3O4S/c1-3-38-27-17-12-23(13-18-27)20-32-33-30(35)25-14-10-24(11-15-25)21-34(29-19-26(31)16-9-22(29)2)39(36,37)28-7-5-4-6-8-28/h4-20H,3,21H2,1-2H3,(H,33,35)/b32-20-. The summed E-state index contributed by atoms with van der Waals surface area (Å²) >= 11 is 6.23. The topological polar surface area (TPSA) is 88.1 Å². The Kier molecular flexibility index (Phi) is 9.01. The molecule has 0 unspecified atom stereocenters. The van der Waals surface area contributed by atoms with Crippen molar-refractivity contribution in [3.05, 3.63) is 124 Å². The summed E-state index contributed by atoms with van der Waals surface area (Å²) in [6, 6.07) is 27.4. The predicted octanol–water partition coefficient (Wildman–Crippen LogP) is 6.21. The van der Waals surface area contributed by atoms with Gasteiger partial charge >= 0.3 is 0 Å². The highest BCUT2D eigenvalue weighted by molar-refractivity contribution is 7.92. The van der Waals surface area contributed by atoms with Crippen molar-refractivity contribution in [2.45, 2.75) is 25.3 Å². The normalized spacial score (nSPS) is 11.4. The third-order valence-electron chi connectivity index (χ3n) is 5.88. The fourth-order valence-corrected chi connectivity index (χ4v) is 5.54. The predicted molar refractivity (Wildman–Crippen MR) is 155 cm³/mol. The van der Waals surface area contributed by atoms with Gasteiger partial charge in [-0.2, -0.15) is 5.10 Å². The summed E-state index contributed by atoms with van der Waals surface area (Å²) in [4.78, 5) is 12.8. The van der Waals surface area contributed by atoms with E-state index < -0.39 is 10.0 Å². The van der Waals surface area contributed by atoms with E-state index in [0.29, 0.717) is 28.4 Å². The number of amides is 1. The molecule has 0 bridgehead atoms. The summed E-state index contributed by atoms with van der Waals surface area (Å²) in [5.41, 5.74) is 5.65. The van der Waals surface area contributed by atoms with E-state index in [0.717, 1.165) is 16.9 Å². The fraction of sp³-hybridized carbons (Fsp3) is 0.133. The van der Waals surface area contributed by atoms with Crippen LogP contribution in [0.4, 0.5) is 5.69 Å². The molecule has 0 saturated carbocycles. The summed E-state index contributed by atoms with van der Waals surface area (Å²) in [5, 5.41) is 4.45. The Hall–Kier alpha value is -4.14. The largest absolute Gasteiger partial charge is 0.494 e. The van der Waals surface area contributed by atoms with Crippen molar-refractivity contribution in [1.82, 2.24) is 5.43 Å². The second-order valence-corrected chi connectivity index (χ2v) is 11.0. The molecule has 0 fully saturated rings. The number of aryl methyl sites for hydroxylation is 1.